The van der Waals surface area contributed by atoms with Crippen LogP contribution in [0.3, 0.4) is 0 Å². The maximum absolute atomic E-state index is 11.1. The van der Waals surface area contributed by atoms with Crippen molar-refractivity contribution in [3.8, 4) is 0 Å². The molecule has 1 saturated heterocycles. The normalized spacial score (nSPS) is 24.6. The molecule has 1 aromatic rings. The molecule has 1 heterocycles. The quantitative estimate of drug-likeness (QED) is 0.882. The third-order valence-electron chi connectivity index (χ3n) is 2.90. The second-order valence-electron chi connectivity index (χ2n) is 3.88. The fourth-order valence-electron chi connectivity index (χ4n) is 2.03. The summed E-state index contributed by atoms with van der Waals surface area (Å²) in [4.78, 5) is 11.1. The SMILES string of the molecule is O=C(O)C1CNCC1c1ccc(Cl)c(Br)c1. The molecule has 0 aliphatic carbocycles. The molecule has 2 unspecified atom stereocenters. The van der Waals surface area contributed by atoms with Gasteiger partial charge in [-0.3, -0.25) is 4.79 Å². The number of rotatable bonds is 2. The van der Waals surface area contributed by atoms with E-state index in [4.69, 9.17) is 16.7 Å². The van der Waals surface area contributed by atoms with Gasteiger partial charge >= 0.3 is 5.97 Å². The molecule has 3 nitrogen and oxygen atoms in total. The molecular formula is C11H11BrClNO2. The standard InChI is InChI=1S/C11H11BrClNO2/c12-9-3-6(1-2-10(9)13)7-4-14-5-8(7)11(15)16/h1-3,7-8,14H,4-5H2,(H,15,16). The average Bonchev–Trinajstić information content (AvgIpc) is 2.71. The van der Waals surface area contributed by atoms with E-state index in [2.05, 4.69) is 21.2 Å². The molecule has 0 spiro atoms. The van der Waals surface area contributed by atoms with Crippen molar-refractivity contribution in [1.82, 2.24) is 5.32 Å². The molecule has 1 fully saturated rings. The Balaban J connectivity index is 2.29. The zero-order chi connectivity index (χ0) is 11.7. The highest BCUT2D eigenvalue weighted by Gasteiger charge is 2.33. The summed E-state index contributed by atoms with van der Waals surface area (Å²) in [5.41, 5.74) is 1.01. The number of benzene rings is 1. The number of carboxylic acids is 1. The minimum absolute atomic E-state index is 0.0195. The Hall–Kier alpha value is -0.580. The topological polar surface area (TPSA) is 49.3 Å². The second kappa shape index (κ2) is 4.73. The van der Waals surface area contributed by atoms with Gasteiger partial charge in [0.15, 0.2) is 0 Å². The molecular weight excluding hydrogens is 293 g/mol. The number of hydrogen-bond acceptors (Lipinski definition) is 2. The van der Waals surface area contributed by atoms with Crippen LogP contribution in [0, 0.1) is 5.92 Å². The smallest absolute Gasteiger partial charge is 0.308 e. The Morgan fingerprint density at radius 3 is 2.88 bits per heavy atom. The summed E-state index contributed by atoms with van der Waals surface area (Å²) in [7, 11) is 0. The summed E-state index contributed by atoms with van der Waals surface area (Å²) in [5.74, 6) is -1.08. The third kappa shape index (κ3) is 2.24. The number of aliphatic carboxylic acids is 1. The van der Waals surface area contributed by atoms with Crippen molar-refractivity contribution in [3.05, 3.63) is 33.3 Å². The predicted molar refractivity (Wildman–Crippen MR) is 65.9 cm³/mol. The summed E-state index contributed by atoms with van der Waals surface area (Å²) in [5, 5.41) is 12.8. The highest BCUT2D eigenvalue weighted by Crippen LogP contribution is 2.32. The number of halogens is 2. The first kappa shape index (κ1) is 11.9. The minimum Gasteiger partial charge on any atom is -0.481 e. The molecule has 16 heavy (non-hydrogen) atoms. The van der Waals surface area contributed by atoms with Gasteiger partial charge in [0.1, 0.15) is 0 Å². The molecule has 0 amide bonds. The van der Waals surface area contributed by atoms with Crippen LogP contribution >= 0.6 is 27.5 Å². The molecule has 0 aromatic heterocycles. The van der Waals surface area contributed by atoms with Crippen LogP contribution in [-0.4, -0.2) is 24.2 Å². The van der Waals surface area contributed by atoms with Gasteiger partial charge in [0.2, 0.25) is 0 Å². The van der Waals surface area contributed by atoms with Crippen LogP contribution in [0.5, 0.6) is 0 Å². The second-order valence-corrected chi connectivity index (χ2v) is 5.14. The van der Waals surface area contributed by atoms with E-state index in [1.807, 2.05) is 12.1 Å². The van der Waals surface area contributed by atoms with E-state index in [0.29, 0.717) is 18.1 Å². The van der Waals surface area contributed by atoms with Gasteiger partial charge in [-0.15, -0.1) is 0 Å². The van der Waals surface area contributed by atoms with E-state index < -0.39 is 5.97 Å². The highest BCUT2D eigenvalue weighted by atomic mass is 79.9. The summed E-state index contributed by atoms with van der Waals surface area (Å²) in [6.07, 6.45) is 0. The zero-order valence-corrected chi connectivity index (χ0v) is 10.8. The Kier molecular flexibility index (Phi) is 3.52. The van der Waals surface area contributed by atoms with E-state index in [0.717, 1.165) is 10.0 Å². The van der Waals surface area contributed by atoms with Crippen molar-refractivity contribution in [3.63, 3.8) is 0 Å². The molecule has 0 saturated carbocycles. The number of carboxylic acid groups (broad SMARTS) is 1. The third-order valence-corrected chi connectivity index (χ3v) is 4.12. The van der Waals surface area contributed by atoms with E-state index in [1.165, 1.54) is 0 Å². The molecule has 2 atom stereocenters. The highest BCUT2D eigenvalue weighted by molar-refractivity contribution is 9.10. The van der Waals surface area contributed by atoms with Crippen LogP contribution in [0.25, 0.3) is 0 Å². The summed E-state index contributed by atoms with van der Waals surface area (Å²) < 4.78 is 0.808. The molecule has 86 valence electrons. The van der Waals surface area contributed by atoms with Crippen LogP contribution in [0.1, 0.15) is 11.5 Å². The largest absolute Gasteiger partial charge is 0.481 e. The van der Waals surface area contributed by atoms with Crippen molar-refractivity contribution in [2.45, 2.75) is 5.92 Å². The van der Waals surface area contributed by atoms with Crippen molar-refractivity contribution in [2.75, 3.05) is 13.1 Å². The van der Waals surface area contributed by atoms with Crippen LogP contribution in [0.4, 0.5) is 0 Å². The molecule has 1 aliphatic rings. The molecule has 2 rings (SSSR count). The van der Waals surface area contributed by atoms with Gasteiger partial charge in [-0.25, -0.2) is 0 Å². The molecule has 0 radical (unpaired) electrons. The molecule has 5 heteroatoms. The zero-order valence-electron chi connectivity index (χ0n) is 8.41. The maximum atomic E-state index is 11.1. The van der Waals surface area contributed by atoms with Crippen molar-refractivity contribution >= 4 is 33.5 Å². The van der Waals surface area contributed by atoms with Crippen molar-refractivity contribution in [2.24, 2.45) is 5.92 Å². The van der Waals surface area contributed by atoms with E-state index in [9.17, 15) is 4.79 Å². The van der Waals surface area contributed by atoms with E-state index >= 15 is 0 Å². The number of hydrogen-bond donors (Lipinski definition) is 2. The Labute approximate surface area is 107 Å². The Morgan fingerprint density at radius 1 is 1.50 bits per heavy atom. The fourth-order valence-corrected chi connectivity index (χ4v) is 2.55. The molecule has 2 N–H and O–H groups in total. The van der Waals surface area contributed by atoms with Crippen LogP contribution in [0.2, 0.25) is 5.02 Å². The molecule has 0 bridgehead atoms. The minimum atomic E-state index is -0.749. The lowest BCUT2D eigenvalue weighted by Crippen LogP contribution is -2.20. The van der Waals surface area contributed by atoms with Gasteiger partial charge in [-0.05, 0) is 33.6 Å². The van der Waals surface area contributed by atoms with Crippen molar-refractivity contribution in [1.29, 1.82) is 0 Å². The Morgan fingerprint density at radius 2 is 2.25 bits per heavy atom. The van der Waals surface area contributed by atoms with Crippen molar-refractivity contribution < 1.29 is 9.90 Å². The predicted octanol–water partition coefficient (Wildman–Crippen LogP) is 2.49. The van der Waals surface area contributed by atoms with Gasteiger partial charge in [0, 0.05) is 23.5 Å². The number of nitrogens with one attached hydrogen (secondary N) is 1. The van der Waals surface area contributed by atoms with Gasteiger partial charge in [-0.1, -0.05) is 17.7 Å². The lowest BCUT2D eigenvalue weighted by atomic mass is 9.89. The first-order valence-corrected chi connectivity index (χ1v) is 6.15. The first-order valence-electron chi connectivity index (χ1n) is 4.98. The van der Waals surface area contributed by atoms with E-state index in [1.54, 1.807) is 6.07 Å². The number of carbonyl (C=O) groups is 1. The first-order chi connectivity index (χ1) is 7.59. The summed E-state index contributed by atoms with van der Waals surface area (Å²) in [6.45, 7) is 1.23. The van der Waals surface area contributed by atoms with Gasteiger partial charge < -0.3 is 10.4 Å². The lowest BCUT2D eigenvalue weighted by Gasteiger charge is -2.15. The van der Waals surface area contributed by atoms with Gasteiger partial charge in [0.05, 0.1) is 10.9 Å². The van der Waals surface area contributed by atoms with Crippen LogP contribution in [0.15, 0.2) is 22.7 Å². The van der Waals surface area contributed by atoms with Crippen LogP contribution in [-0.2, 0) is 4.79 Å². The fraction of sp³-hybridized carbons (Fsp3) is 0.364. The van der Waals surface area contributed by atoms with Gasteiger partial charge in [0.25, 0.3) is 0 Å². The monoisotopic (exact) mass is 303 g/mol. The van der Waals surface area contributed by atoms with Crippen LogP contribution < -0.4 is 5.32 Å². The molecule has 1 aromatic carbocycles. The Bertz CT molecular complexity index is 424. The summed E-state index contributed by atoms with van der Waals surface area (Å²) >= 11 is 9.26. The summed E-state index contributed by atoms with van der Waals surface area (Å²) in [6, 6.07) is 5.58. The lowest BCUT2D eigenvalue weighted by molar-refractivity contribution is -0.141. The average molecular weight is 305 g/mol. The maximum Gasteiger partial charge on any atom is 0.308 e. The molecule has 1 aliphatic heterocycles. The van der Waals surface area contributed by atoms with E-state index in [-0.39, 0.29) is 11.8 Å². The van der Waals surface area contributed by atoms with Gasteiger partial charge in [-0.2, -0.15) is 0 Å².